The molecule has 1 aliphatic heterocycles. The number of fused-ring (bicyclic) bond motifs is 1. The Kier molecular flexibility index (Phi) is 4.46. The number of piperidine rings is 1. The number of ether oxygens (including phenoxy) is 1. The molecule has 0 unspecified atom stereocenters. The topological polar surface area (TPSA) is 65.2 Å². The Bertz CT molecular complexity index is 985. The molecule has 7 heteroatoms. The first-order valence-electron chi connectivity index (χ1n) is 9.00. The van der Waals surface area contributed by atoms with Crippen molar-refractivity contribution in [2.75, 3.05) is 20.2 Å². The summed E-state index contributed by atoms with van der Waals surface area (Å²) in [5, 5.41) is 4.96. The van der Waals surface area contributed by atoms with Crippen LogP contribution in [0.25, 0.3) is 16.7 Å². The van der Waals surface area contributed by atoms with Crippen molar-refractivity contribution in [2.24, 2.45) is 0 Å². The molecule has 3 heterocycles. The molecule has 7 nitrogen and oxygen atoms in total. The quantitative estimate of drug-likeness (QED) is 0.720. The SMILES string of the molecule is COc1ccccc1-n1c(C)nc2c(cnn2CN2CCCCC2)c1=O. The Labute approximate surface area is 151 Å². The van der Waals surface area contributed by atoms with Crippen LogP contribution in [0.2, 0.25) is 0 Å². The molecule has 136 valence electrons. The van der Waals surface area contributed by atoms with Gasteiger partial charge in [0.15, 0.2) is 5.65 Å². The number of aromatic nitrogens is 4. The van der Waals surface area contributed by atoms with E-state index in [4.69, 9.17) is 9.72 Å². The highest BCUT2D eigenvalue weighted by molar-refractivity contribution is 5.74. The van der Waals surface area contributed by atoms with Crippen molar-refractivity contribution in [3.8, 4) is 11.4 Å². The van der Waals surface area contributed by atoms with Crippen LogP contribution < -0.4 is 10.3 Å². The summed E-state index contributed by atoms with van der Waals surface area (Å²) in [7, 11) is 1.60. The summed E-state index contributed by atoms with van der Waals surface area (Å²) >= 11 is 0. The van der Waals surface area contributed by atoms with Crippen molar-refractivity contribution < 1.29 is 4.74 Å². The van der Waals surface area contributed by atoms with E-state index in [1.54, 1.807) is 17.9 Å². The fourth-order valence-electron chi connectivity index (χ4n) is 3.61. The van der Waals surface area contributed by atoms with E-state index < -0.39 is 0 Å². The molecular weight excluding hydrogens is 330 g/mol. The van der Waals surface area contributed by atoms with Gasteiger partial charge in [-0.1, -0.05) is 18.6 Å². The molecule has 0 N–H and O–H groups in total. The lowest BCUT2D eigenvalue weighted by atomic mass is 10.1. The summed E-state index contributed by atoms with van der Waals surface area (Å²) < 4.78 is 8.84. The number of methoxy groups -OCH3 is 1. The third-order valence-corrected chi connectivity index (χ3v) is 4.95. The molecule has 4 rings (SSSR count). The number of rotatable bonds is 4. The normalized spacial score (nSPS) is 15.5. The summed E-state index contributed by atoms with van der Waals surface area (Å²) in [5.41, 5.74) is 1.21. The van der Waals surface area contributed by atoms with Crippen LogP contribution in [-0.2, 0) is 6.67 Å². The van der Waals surface area contributed by atoms with Gasteiger partial charge in [-0.3, -0.25) is 14.3 Å². The third kappa shape index (κ3) is 2.88. The molecule has 3 aromatic rings. The molecule has 0 bridgehead atoms. The van der Waals surface area contributed by atoms with Crippen LogP contribution in [0.15, 0.2) is 35.3 Å². The molecule has 1 aromatic carbocycles. The maximum atomic E-state index is 13.1. The van der Waals surface area contributed by atoms with E-state index in [-0.39, 0.29) is 5.56 Å². The van der Waals surface area contributed by atoms with Crippen molar-refractivity contribution in [1.29, 1.82) is 0 Å². The van der Waals surface area contributed by atoms with Crippen molar-refractivity contribution in [3.63, 3.8) is 0 Å². The lowest BCUT2D eigenvalue weighted by Gasteiger charge is -2.26. The maximum Gasteiger partial charge on any atom is 0.269 e. The molecule has 0 amide bonds. The van der Waals surface area contributed by atoms with Crippen LogP contribution in [0.1, 0.15) is 25.1 Å². The fraction of sp³-hybridized carbons (Fsp3) is 0.421. The van der Waals surface area contributed by atoms with Gasteiger partial charge in [-0.25, -0.2) is 9.67 Å². The molecule has 0 atom stereocenters. The number of aryl methyl sites for hydroxylation is 1. The minimum Gasteiger partial charge on any atom is -0.495 e. The van der Waals surface area contributed by atoms with Crippen LogP contribution in [-0.4, -0.2) is 44.4 Å². The van der Waals surface area contributed by atoms with E-state index in [1.165, 1.54) is 19.3 Å². The van der Waals surface area contributed by atoms with Crippen LogP contribution in [0.5, 0.6) is 5.75 Å². The summed E-state index contributed by atoms with van der Waals surface area (Å²) in [6, 6.07) is 7.46. The second kappa shape index (κ2) is 6.92. The molecule has 0 radical (unpaired) electrons. The van der Waals surface area contributed by atoms with Gasteiger partial charge >= 0.3 is 0 Å². The number of hydrogen-bond acceptors (Lipinski definition) is 5. The van der Waals surface area contributed by atoms with E-state index >= 15 is 0 Å². The molecule has 1 fully saturated rings. The Morgan fingerprint density at radius 2 is 1.92 bits per heavy atom. The highest BCUT2D eigenvalue weighted by Crippen LogP contribution is 2.22. The monoisotopic (exact) mass is 353 g/mol. The standard InChI is InChI=1S/C19H23N5O2/c1-14-21-18-15(12-20-23(18)13-22-10-6-3-7-11-22)19(25)24(14)16-8-4-5-9-17(16)26-2/h4-5,8-9,12H,3,6-7,10-11,13H2,1-2H3. The number of nitrogens with zero attached hydrogens (tertiary/aromatic N) is 5. The van der Waals surface area contributed by atoms with E-state index in [0.717, 1.165) is 13.1 Å². The smallest absolute Gasteiger partial charge is 0.269 e. The minimum atomic E-state index is -0.123. The van der Waals surface area contributed by atoms with Gasteiger partial charge in [0, 0.05) is 0 Å². The van der Waals surface area contributed by atoms with Crippen molar-refractivity contribution in [3.05, 3.63) is 46.6 Å². The van der Waals surface area contributed by atoms with E-state index in [9.17, 15) is 4.79 Å². The van der Waals surface area contributed by atoms with Gasteiger partial charge in [0.25, 0.3) is 5.56 Å². The average molecular weight is 353 g/mol. The van der Waals surface area contributed by atoms with Crippen molar-refractivity contribution in [1.82, 2.24) is 24.2 Å². The van der Waals surface area contributed by atoms with E-state index in [1.807, 2.05) is 35.9 Å². The molecule has 0 aliphatic carbocycles. The fourth-order valence-corrected chi connectivity index (χ4v) is 3.61. The number of benzene rings is 1. The lowest BCUT2D eigenvalue weighted by molar-refractivity contribution is 0.176. The zero-order valence-corrected chi connectivity index (χ0v) is 15.2. The summed E-state index contributed by atoms with van der Waals surface area (Å²) in [5.74, 6) is 1.26. The van der Waals surface area contributed by atoms with Crippen LogP contribution in [0.3, 0.4) is 0 Å². The first kappa shape index (κ1) is 16.8. The highest BCUT2D eigenvalue weighted by atomic mass is 16.5. The lowest BCUT2D eigenvalue weighted by Crippen LogP contribution is -2.32. The van der Waals surface area contributed by atoms with Crippen LogP contribution in [0.4, 0.5) is 0 Å². The summed E-state index contributed by atoms with van der Waals surface area (Å²) in [6.45, 7) is 4.65. The van der Waals surface area contributed by atoms with Gasteiger partial charge in [-0.2, -0.15) is 5.10 Å². The largest absolute Gasteiger partial charge is 0.495 e. The van der Waals surface area contributed by atoms with E-state index in [2.05, 4.69) is 10.00 Å². The summed E-state index contributed by atoms with van der Waals surface area (Å²) in [6.07, 6.45) is 5.34. The van der Waals surface area contributed by atoms with Gasteiger partial charge in [0.05, 0.1) is 25.7 Å². The predicted molar refractivity (Wildman–Crippen MR) is 99.8 cm³/mol. The molecule has 2 aromatic heterocycles. The zero-order chi connectivity index (χ0) is 18.1. The zero-order valence-electron chi connectivity index (χ0n) is 15.2. The first-order chi connectivity index (χ1) is 12.7. The van der Waals surface area contributed by atoms with Gasteiger partial charge < -0.3 is 4.74 Å². The van der Waals surface area contributed by atoms with Gasteiger partial charge in [-0.15, -0.1) is 0 Å². The van der Waals surface area contributed by atoms with Gasteiger partial charge in [-0.05, 0) is 45.0 Å². The molecular formula is C19H23N5O2. The molecule has 26 heavy (non-hydrogen) atoms. The first-order valence-corrected chi connectivity index (χ1v) is 9.00. The molecule has 1 aliphatic rings. The Morgan fingerprint density at radius 3 is 2.69 bits per heavy atom. The molecule has 0 saturated carbocycles. The number of para-hydroxylation sites is 2. The average Bonchev–Trinajstić information content (AvgIpc) is 3.06. The maximum absolute atomic E-state index is 13.1. The van der Waals surface area contributed by atoms with Crippen LogP contribution >= 0.6 is 0 Å². The van der Waals surface area contributed by atoms with Crippen molar-refractivity contribution in [2.45, 2.75) is 32.9 Å². The Balaban J connectivity index is 1.79. The third-order valence-electron chi connectivity index (χ3n) is 4.95. The second-order valence-electron chi connectivity index (χ2n) is 6.67. The van der Waals surface area contributed by atoms with E-state index in [0.29, 0.717) is 35.0 Å². The molecule has 0 spiro atoms. The second-order valence-corrected chi connectivity index (χ2v) is 6.67. The minimum absolute atomic E-state index is 0.123. The Hall–Kier alpha value is -2.67. The Morgan fingerprint density at radius 1 is 1.15 bits per heavy atom. The van der Waals surface area contributed by atoms with Gasteiger partial charge in [0.2, 0.25) is 0 Å². The number of likely N-dealkylation sites (tertiary alicyclic amines) is 1. The summed E-state index contributed by atoms with van der Waals surface area (Å²) in [4.78, 5) is 20.2. The highest BCUT2D eigenvalue weighted by Gasteiger charge is 2.18. The molecule has 1 saturated heterocycles. The number of hydrogen-bond donors (Lipinski definition) is 0. The predicted octanol–water partition coefficient (Wildman–Crippen LogP) is 2.34. The van der Waals surface area contributed by atoms with Crippen molar-refractivity contribution >= 4 is 11.0 Å². The van der Waals surface area contributed by atoms with Gasteiger partial charge in [0.1, 0.15) is 17.0 Å². The van der Waals surface area contributed by atoms with Crippen LogP contribution in [0, 0.1) is 6.92 Å².